The molecule has 5 nitrogen and oxygen atoms in total. The van der Waals surface area contributed by atoms with Crippen LogP contribution in [0.25, 0.3) is 4.91 Å². The lowest BCUT2D eigenvalue weighted by molar-refractivity contribution is -0.140. The number of nitrogens with zero attached hydrogens (tertiary/aromatic N) is 1. The molecule has 4 atom stereocenters. The van der Waals surface area contributed by atoms with Crippen LogP contribution in [-0.2, 0) is 9.59 Å². The minimum absolute atomic E-state index is 0.0308. The molecule has 2 N–H and O–H groups in total. The molecule has 1 unspecified atom stereocenters. The Balaban J connectivity index is 1.72. The Labute approximate surface area is 190 Å². The van der Waals surface area contributed by atoms with E-state index in [1.54, 1.807) is 16.7 Å². The fraction of sp³-hybridized carbons (Fsp3) is 0.600. The predicted molar refractivity (Wildman–Crippen MR) is 127 cm³/mol. The van der Waals surface area contributed by atoms with Gasteiger partial charge in [0.15, 0.2) is 5.78 Å². The Morgan fingerprint density at radius 3 is 2.42 bits per heavy atom. The summed E-state index contributed by atoms with van der Waals surface area (Å²) in [5.41, 5.74) is 3.36. The first-order valence-electron chi connectivity index (χ1n) is 11.2. The van der Waals surface area contributed by atoms with E-state index in [1.165, 1.54) is 16.2 Å². The number of allylic oxidation sites excluding steroid dienone is 1. The minimum atomic E-state index is -0.631. The van der Waals surface area contributed by atoms with E-state index >= 15 is 0 Å². The third-order valence-electron chi connectivity index (χ3n) is 6.40. The molecule has 0 aromatic heterocycles. The van der Waals surface area contributed by atoms with E-state index in [2.05, 4.69) is 43.4 Å². The van der Waals surface area contributed by atoms with Gasteiger partial charge in [0.2, 0.25) is 5.91 Å². The molecule has 1 aromatic carbocycles. The molecule has 1 aromatic rings. The second-order valence-electron chi connectivity index (χ2n) is 10.2. The largest absolute Gasteiger partial charge is 0.391 e. The van der Waals surface area contributed by atoms with Crippen LogP contribution in [0.15, 0.2) is 30.0 Å². The van der Waals surface area contributed by atoms with Gasteiger partial charge in [-0.25, -0.2) is 0 Å². The first-order valence-corrected chi connectivity index (χ1v) is 12.2. The van der Waals surface area contributed by atoms with E-state index in [1.807, 2.05) is 27.7 Å². The third-order valence-corrected chi connectivity index (χ3v) is 7.52. The number of nitrogens with one attached hydrogen (secondary N) is 1. The maximum atomic E-state index is 13.4. The molecule has 0 bridgehead atoms. The van der Waals surface area contributed by atoms with E-state index < -0.39 is 12.1 Å². The fourth-order valence-corrected chi connectivity index (χ4v) is 5.42. The molecule has 2 aliphatic heterocycles. The van der Waals surface area contributed by atoms with Gasteiger partial charge >= 0.3 is 0 Å². The van der Waals surface area contributed by atoms with Gasteiger partial charge in [-0.3, -0.25) is 9.59 Å². The summed E-state index contributed by atoms with van der Waals surface area (Å²) in [5.74, 6) is 0.697. The van der Waals surface area contributed by atoms with Gasteiger partial charge in [-0.15, -0.1) is 11.8 Å². The summed E-state index contributed by atoms with van der Waals surface area (Å²) in [4.78, 5) is 29.1. The molecule has 6 heteroatoms. The summed E-state index contributed by atoms with van der Waals surface area (Å²) >= 11 is 1.81. The first-order chi connectivity index (χ1) is 14.5. The molecule has 31 heavy (non-hydrogen) atoms. The number of carbonyl (C=O) groups excluding carboxylic acids is 2. The quantitative estimate of drug-likeness (QED) is 0.682. The SMILES string of the molecule is CC1=C(c2ccc([C@H](C)C(C)C(=O)[C@@H]3C[C@@H](O)CN3C(=O)CC(C)(C)C)cc2)SCN1. The highest BCUT2D eigenvalue weighted by molar-refractivity contribution is 8.08. The van der Waals surface area contributed by atoms with Crippen molar-refractivity contribution in [2.75, 3.05) is 12.4 Å². The molecule has 2 heterocycles. The summed E-state index contributed by atoms with van der Waals surface area (Å²) in [6.45, 7) is 12.4. The van der Waals surface area contributed by atoms with Crippen molar-refractivity contribution in [3.8, 4) is 0 Å². The van der Waals surface area contributed by atoms with Crippen molar-refractivity contribution in [3.05, 3.63) is 41.1 Å². The Kier molecular flexibility index (Phi) is 7.21. The Morgan fingerprint density at radius 2 is 1.87 bits per heavy atom. The number of aliphatic hydroxyl groups is 1. The van der Waals surface area contributed by atoms with Gasteiger partial charge in [-0.05, 0) is 29.4 Å². The number of β-amino-alcohol motifs (C(OH)–C–C–N with tert-alkyl or cyclic N) is 1. The second kappa shape index (κ2) is 9.37. The highest BCUT2D eigenvalue weighted by atomic mass is 32.2. The molecular formula is C25H36N2O3S. The number of rotatable bonds is 6. The van der Waals surface area contributed by atoms with Crippen molar-refractivity contribution in [2.45, 2.75) is 72.4 Å². The van der Waals surface area contributed by atoms with E-state index in [4.69, 9.17) is 0 Å². The van der Waals surface area contributed by atoms with Crippen LogP contribution in [0.5, 0.6) is 0 Å². The lowest BCUT2D eigenvalue weighted by atomic mass is 9.82. The smallest absolute Gasteiger partial charge is 0.223 e. The summed E-state index contributed by atoms with van der Waals surface area (Å²) in [6, 6.07) is 7.93. The molecular weight excluding hydrogens is 408 g/mol. The first kappa shape index (κ1) is 23.9. The van der Waals surface area contributed by atoms with E-state index in [0.29, 0.717) is 12.8 Å². The number of ketones is 1. The van der Waals surface area contributed by atoms with Gasteiger partial charge in [-0.1, -0.05) is 58.9 Å². The number of Topliss-reactive ketones (excluding diaryl/α,β-unsaturated/α-hetero) is 1. The Morgan fingerprint density at radius 1 is 1.23 bits per heavy atom. The summed E-state index contributed by atoms with van der Waals surface area (Å²) in [5, 5.41) is 13.5. The van der Waals surface area contributed by atoms with Gasteiger partial charge in [-0.2, -0.15) is 0 Å². The van der Waals surface area contributed by atoms with Gasteiger partial charge in [0, 0.05) is 35.9 Å². The number of amides is 1. The summed E-state index contributed by atoms with van der Waals surface area (Å²) in [7, 11) is 0. The van der Waals surface area contributed by atoms with Crippen LogP contribution in [0.3, 0.4) is 0 Å². The number of benzene rings is 1. The molecule has 2 aliphatic rings. The fourth-order valence-electron chi connectivity index (χ4n) is 4.40. The number of carbonyl (C=O) groups is 2. The zero-order chi connectivity index (χ0) is 22.9. The van der Waals surface area contributed by atoms with Crippen LogP contribution >= 0.6 is 11.8 Å². The van der Waals surface area contributed by atoms with Gasteiger partial charge in [0.25, 0.3) is 0 Å². The summed E-state index contributed by atoms with van der Waals surface area (Å²) < 4.78 is 0. The normalized spacial score (nSPS) is 23.6. The maximum Gasteiger partial charge on any atom is 0.223 e. The second-order valence-corrected chi connectivity index (χ2v) is 11.2. The standard InChI is InChI=1S/C25H36N2O3S/c1-15(18-7-9-19(10-8-18)24-17(3)26-14-31-24)16(2)23(30)21-11-20(28)13-27(21)22(29)12-25(4,5)6/h7-10,15-16,20-21,26,28H,11-14H2,1-6H3/t15-,16?,20-,21+/m1/s1. The molecule has 1 saturated heterocycles. The average Bonchev–Trinajstić information content (AvgIpc) is 3.30. The highest BCUT2D eigenvalue weighted by Crippen LogP contribution is 2.36. The van der Waals surface area contributed by atoms with Gasteiger partial charge in [0.05, 0.1) is 18.0 Å². The van der Waals surface area contributed by atoms with Crippen molar-refractivity contribution in [2.24, 2.45) is 11.3 Å². The lowest BCUT2D eigenvalue weighted by Gasteiger charge is -2.30. The topological polar surface area (TPSA) is 69.6 Å². The maximum absolute atomic E-state index is 13.4. The molecule has 0 aliphatic carbocycles. The molecule has 1 fully saturated rings. The van der Waals surface area contributed by atoms with Crippen LogP contribution < -0.4 is 5.32 Å². The van der Waals surface area contributed by atoms with Gasteiger partial charge < -0.3 is 15.3 Å². The monoisotopic (exact) mass is 444 g/mol. The zero-order valence-corrected chi connectivity index (χ0v) is 20.4. The highest BCUT2D eigenvalue weighted by Gasteiger charge is 2.41. The number of thioether (sulfide) groups is 1. The van der Waals surface area contributed by atoms with E-state index in [-0.39, 0.29) is 35.5 Å². The molecule has 0 spiro atoms. The summed E-state index contributed by atoms with van der Waals surface area (Å²) in [6.07, 6.45) is 0.0769. The van der Waals surface area contributed by atoms with E-state index in [9.17, 15) is 14.7 Å². The van der Waals surface area contributed by atoms with Gasteiger partial charge in [0.1, 0.15) is 0 Å². The third kappa shape index (κ3) is 5.53. The zero-order valence-electron chi connectivity index (χ0n) is 19.6. The van der Waals surface area contributed by atoms with Crippen LogP contribution in [0.2, 0.25) is 0 Å². The van der Waals surface area contributed by atoms with Crippen LogP contribution in [-0.4, -0.2) is 46.3 Å². The lowest BCUT2D eigenvalue weighted by Crippen LogP contribution is -2.44. The minimum Gasteiger partial charge on any atom is -0.391 e. The molecule has 0 saturated carbocycles. The van der Waals surface area contributed by atoms with Crippen LogP contribution in [0.4, 0.5) is 0 Å². The van der Waals surface area contributed by atoms with Crippen molar-refractivity contribution < 1.29 is 14.7 Å². The molecule has 1 amide bonds. The number of aliphatic hydroxyl groups excluding tert-OH is 1. The predicted octanol–water partition coefficient (Wildman–Crippen LogP) is 4.38. The Hall–Kier alpha value is -1.79. The molecule has 3 rings (SSSR count). The van der Waals surface area contributed by atoms with E-state index in [0.717, 1.165) is 11.4 Å². The number of likely N-dealkylation sites (tertiary alicyclic amines) is 1. The average molecular weight is 445 g/mol. The van der Waals surface area contributed by atoms with Crippen molar-refractivity contribution in [3.63, 3.8) is 0 Å². The molecule has 0 radical (unpaired) electrons. The number of hydrogen-bond acceptors (Lipinski definition) is 5. The number of hydrogen-bond donors (Lipinski definition) is 2. The van der Waals surface area contributed by atoms with Crippen molar-refractivity contribution in [1.29, 1.82) is 0 Å². The Bertz CT molecular complexity index is 857. The molecule has 170 valence electrons. The van der Waals surface area contributed by atoms with Crippen LogP contribution in [0.1, 0.15) is 71.4 Å². The van der Waals surface area contributed by atoms with Crippen molar-refractivity contribution >= 4 is 28.4 Å². The van der Waals surface area contributed by atoms with Crippen molar-refractivity contribution in [1.82, 2.24) is 10.2 Å². The van der Waals surface area contributed by atoms with Crippen LogP contribution in [0, 0.1) is 11.3 Å².